The van der Waals surface area contributed by atoms with Gasteiger partial charge in [0.1, 0.15) is 5.54 Å². The maximum atomic E-state index is 11.9. The van der Waals surface area contributed by atoms with Crippen LogP contribution in [0.15, 0.2) is 0 Å². The largest absolute Gasteiger partial charge is 0.464 e. The molecule has 5 heteroatoms. The quantitative estimate of drug-likeness (QED) is 0.621. The maximum Gasteiger partial charge on any atom is 0.332 e. The van der Waals surface area contributed by atoms with Gasteiger partial charge in [-0.3, -0.25) is 4.79 Å². The summed E-state index contributed by atoms with van der Waals surface area (Å²) in [5.74, 6) is -0.789. The van der Waals surface area contributed by atoms with Gasteiger partial charge in [-0.25, -0.2) is 4.79 Å². The third kappa shape index (κ3) is 1.13. The second-order valence-corrected chi connectivity index (χ2v) is 4.37. The van der Waals surface area contributed by atoms with Crippen molar-refractivity contribution in [3.8, 4) is 0 Å². The molecule has 2 aliphatic rings. The lowest BCUT2D eigenvalue weighted by Crippen LogP contribution is -2.47. The van der Waals surface area contributed by atoms with Crippen LogP contribution in [0, 0.1) is 11.8 Å². The first-order chi connectivity index (χ1) is 7.03. The molecule has 0 saturated carbocycles. The van der Waals surface area contributed by atoms with Gasteiger partial charge in [0, 0.05) is 25.5 Å². The van der Waals surface area contributed by atoms with Gasteiger partial charge < -0.3 is 14.7 Å². The van der Waals surface area contributed by atoms with Gasteiger partial charge in [-0.2, -0.15) is 0 Å². The Morgan fingerprint density at radius 2 is 2.27 bits per heavy atom. The number of amides is 1. The lowest BCUT2D eigenvalue weighted by molar-refractivity contribution is -0.151. The van der Waals surface area contributed by atoms with E-state index >= 15 is 0 Å². The number of rotatable bonds is 2. The number of hydrogen-bond donors (Lipinski definition) is 1. The Kier molecular flexibility index (Phi) is 2.22. The number of carbonyl (C=O) groups is 2. The van der Waals surface area contributed by atoms with Crippen molar-refractivity contribution in [3.63, 3.8) is 0 Å². The molecule has 2 fully saturated rings. The van der Waals surface area contributed by atoms with Crippen LogP contribution in [0.3, 0.4) is 0 Å². The van der Waals surface area contributed by atoms with Crippen molar-refractivity contribution in [2.45, 2.75) is 18.9 Å². The number of ether oxygens (including phenoxy) is 1. The molecule has 0 aromatic heterocycles. The Hall–Kier alpha value is -1.10. The van der Waals surface area contributed by atoms with Crippen molar-refractivity contribution >= 4 is 11.9 Å². The zero-order valence-corrected chi connectivity index (χ0v) is 8.90. The average molecular weight is 213 g/mol. The summed E-state index contributed by atoms with van der Waals surface area (Å²) >= 11 is 0. The second kappa shape index (κ2) is 3.20. The normalized spacial score (nSPS) is 39.5. The van der Waals surface area contributed by atoms with Crippen molar-refractivity contribution in [3.05, 3.63) is 0 Å². The second-order valence-electron chi connectivity index (χ2n) is 4.37. The van der Waals surface area contributed by atoms with Crippen LogP contribution in [0.4, 0.5) is 0 Å². The number of esters is 1. The molecule has 0 aromatic carbocycles. The first-order valence-electron chi connectivity index (χ1n) is 5.09. The summed E-state index contributed by atoms with van der Waals surface area (Å²) in [4.78, 5) is 24.9. The van der Waals surface area contributed by atoms with Gasteiger partial charge in [0.15, 0.2) is 0 Å². The summed E-state index contributed by atoms with van der Waals surface area (Å²) in [6, 6.07) is 0. The molecule has 84 valence electrons. The molecule has 2 aliphatic heterocycles. The minimum absolute atomic E-state index is 0.0367. The maximum absolute atomic E-state index is 11.9. The Bertz CT molecular complexity index is 317. The molecule has 0 unspecified atom stereocenters. The van der Waals surface area contributed by atoms with E-state index in [0.29, 0.717) is 6.42 Å². The van der Waals surface area contributed by atoms with Crippen molar-refractivity contribution < 1.29 is 19.4 Å². The summed E-state index contributed by atoms with van der Waals surface area (Å²) < 4.78 is 5.00. The van der Waals surface area contributed by atoms with E-state index in [2.05, 4.69) is 0 Å². The molecule has 0 radical (unpaired) electrons. The van der Waals surface area contributed by atoms with Crippen molar-refractivity contribution in [2.24, 2.45) is 11.8 Å². The molecule has 2 saturated heterocycles. The first kappa shape index (κ1) is 10.4. The van der Waals surface area contributed by atoms with Crippen LogP contribution in [-0.4, -0.2) is 47.7 Å². The Labute approximate surface area is 88.0 Å². The van der Waals surface area contributed by atoms with Gasteiger partial charge in [0.2, 0.25) is 5.91 Å². The highest BCUT2D eigenvalue weighted by molar-refractivity contribution is 5.95. The molecular weight excluding hydrogens is 198 g/mol. The monoisotopic (exact) mass is 213 g/mol. The van der Waals surface area contributed by atoms with Gasteiger partial charge >= 0.3 is 5.97 Å². The highest BCUT2D eigenvalue weighted by atomic mass is 16.5. The van der Waals surface area contributed by atoms with Gasteiger partial charge in [-0.15, -0.1) is 0 Å². The van der Waals surface area contributed by atoms with Crippen LogP contribution in [0.25, 0.3) is 0 Å². The molecule has 2 rings (SSSR count). The number of likely N-dealkylation sites (N-methyl/N-ethyl adjacent to an activating group) is 1. The highest BCUT2D eigenvalue weighted by Crippen LogP contribution is 2.44. The minimum atomic E-state index is -0.822. The summed E-state index contributed by atoms with van der Waals surface area (Å²) in [6.45, 7) is 1.99. The molecule has 1 N–H and O–H groups in total. The Morgan fingerprint density at radius 1 is 1.60 bits per heavy atom. The number of fused-ring (bicyclic) bond motifs is 1. The van der Waals surface area contributed by atoms with Gasteiger partial charge in [-0.1, -0.05) is 0 Å². The van der Waals surface area contributed by atoms with Crippen LogP contribution in [0.1, 0.15) is 13.3 Å². The number of aliphatic hydroxyl groups is 1. The van der Waals surface area contributed by atoms with Crippen molar-refractivity contribution in [2.75, 3.05) is 20.3 Å². The summed E-state index contributed by atoms with van der Waals surface area (Å²) in [5, 5.41) is 8.90. The van der Waals surface area contributed by atoms with Crippen molar-refractivity contribution in [1.29, 1.82) is 0 Å². The van der Waals surface area contributed by atoms with E-state index in [1.54, 1.807) is 14.0 Å². The highest BCUT2D eigenvalue weighted by Gasteiger charge is 2.62. The molecule has 1 amide bonds. The van der Waals surface area contributed by atoms with E-state index in [9.17, 15) is 9.59 Å². The van der Waals surface area contributed by atoms with E-state index in [4.69, 9.17) is 9.84 Å². The molecule has 3 atom stereocenters. The third-order valence-electron chi connectivity index (χ3n) is 3.80. The van der Waals surface area contributed by atoms with Crippen LogP contribution in [0.5, 0.6) is 0 Å². The van der Waals surface area contributed by atoms with Gasteiger partial charge in [0.05, 0.1) is 6.61 Å². The Morgan fingerprint density at radius 3 is 2.87 bits per heavy atom. The topological polar surface area (TPSA) is 66.8 Å². The fourth-order valence-corrected chi connectivity index (χ4v) is 2.63. The summed E-state index contributed by atoms with van der Waals surface area (Å²) in [5.41, 5.74) is -0.822. The average Bonchev–Trinajstić information content (AvgIpc) is 2.59. The molecule has 15 heavy (non-hydrogen) atoms. The third-order valence-corrected chi connectivity index (χ3v) is 3.80. The van der Waals surface area contributed by atoms with E-state index in [0.717, 1.165) is 0 Å². The van der Waals surface area contributed by atoms with E-state index < -0.39 is 5.54 Å². The predicted octanol–water partition coefficient (Wildman–Crippen LogP) is -0.611. The molecule has 0 aliphatic carbocycles. The number of hydrogen-bond acceptors (Lipinski definition) is 4. The molecule has 0 spiro atoms. The summed E-state index contributed by atoms with van der Waals surface area (Å²) in [7, 11) is 1.62. The van der Waals surface area contributed by atoms with E-state index in [1.165, 1.54) is 4.90 Å². The standard InChI is InChI=1S/C10H15NO4/c1-10-7(5-15-9(10)14)6(3-4-12)8(13)11(10)2/h6-7,12H,3-5H2,1-2H3/t6-,7-,10+/m1/s1. The lowest BCUT2D eigenvalue weighted by atomic mass is 9.82. The van der Waals surface area contributed by atoms with Gasteiger partial charge in [0.25, 0.3) is 0 Å². The smallest absolute Gasteiger partial charge is 0.332 e. The minimum Gasteiger partial charge on any atom is -0.464 e. The SMILES string of the molecule is CN1C(=O)[C@H](CCO)[C@H]2COC(=O)[C@]21C. The lowest BCUT2D eigenvalue weighted by Gasteiger charge is -2.26. The van der Waals surface area contributed by atoms with Crippen LogP contribution in [0.2, 0.25) is 0 Å². The van der Waals surface area contributed by atoms with Crippen LogP contribution < -0.4 is 0 Å². The molecule has 2 heterocycles. The van der Waals surface area contributed by atoms with Crippen LogP contribution >= 0.6 is 0 Å². The zero-order chi connectivity index (χ0) is 11.2. The fourth-order valence-electron chi connectivity index (χ4n) is 2.63. The number of aliphatic hydroxyl groups excluding tert-OH is 1. The van der Waals surface area contributed by atoms with Gasteiger partial charge in [-0.05, 0) is 13.3 Å². The number of nitrogens with zero attached hydrogens (tertiary/aromatic N) is 1. The number of cyclic esters (lactones) is 1. The zero-order valence-electron chi connectivity index (χ0n) is 8.90. The summed E-state index contributed by atoms with van der Waals surface area (Å²) in [6.07, 6.45) is 0.403. The Balaban J connectivity index is 2.34. The first-order valence-corrected chi connectivity index (χ1v) is 5.09. The molecule has 0 aromatic rings. The van der Waals surface area contributed by atoms with E-state index in [-0.39, 0.29) is 36.9 Å². The van der Waals surface area contributed by atoms with Crippen LogP contribution in [-0.2, 0) is 14.3 Å². The predicted molar refractivity (Wildman–Crippen MR) is 50.8 cm³/mol. The number of carbonyl (C=O) groups excluding carboxylic acids is 2. The molecule has 5 nitrogen and oxygen atoms in total. The van der Waals surface area contributed by atoms with Crippen molar-refractivity contribution in [1.82, 2.24) is 4.90 Å². The number of likely N-dealkylation sites (tertiary alicyclic amines) is 1. The molecular formula is C10H15NO4. The molecule has 0 bridgehead atoms. The van der Waals surface area contributed by atoms with E-state index in [1.807, 2.05) is 0 Å². The fraction of sp³-hybridized carbons (Fsp3) is 0.800.